The Morgan fingerprint density at radius 3 is 2.45 bits per heavy atom. The fourth-order valence-corrected chi connectivity index (χ4v) is 2.83. The monoisotopic (exact) mass is 400 g/mol. The van der Waals surface area contributed by atoms with Crippen LogP contribution in [0.2, 0.25) is 0 Å². The van der Waals surface area contributed by atoms with Crippen molar-refractivity contribution < 1.29 is 24.0 Å². The van der Waals surface area contributed by atoms with Crippen LogP contribution in [0.1, 0.15) is 48.7 Å². The number of nitrogens with zero attached hydrogens (tertiary/aromatic N) is 1. The maximum Gasteiger partial charge on any atom is 0.338 e. The summed E-state index contributed by atoms with van der Waals surface area (Å²) in [6, 6.07) is 13.1. The molecule has 0 saturated heterocycles. The van der Waals surface area contributed by atoms with E-state index in [4.69, 9.17) is 4.74 Å². The predicted molar refractivity (Wildman–Crippen MR) is 107 cm³/mol. The van der Waals surface area contributed by atoms with Gasteiger partial charge in [-0.05, 0) is 31.0 Å². The number of nitro benzene ring substituents is 1. The zero-order valence-electron chi connectivity index (χ0n) is 16.6. The number of ether oxygens (including phenoxy) is 2. The van der Waals surface area contributed by atoms with Crippen LogP contribution in [-0.4, -0.2) is 30.0 Å². The summed E-state index contributed by atoms with van der Waals surface area (Å²) in [7, 11) is 1.18. The average molecular weight is 400 g/mol. The number of hydrogen-bond acceptors (Lipinski definition) is 6. The van der Waals surface area contributed by atoms with E-state index in [1.807, 2.05) is 37.3 Å². The van der Waals surface area contributed by atoms with Crippen LogP contribution in [0.5, 0.6) is 5.75 Å². The second-order valence-electron chi connectivity index (χ2n) is 6.45. The SMILES string of the molecule is CCC[C@@H](NC(=O)[C@H](C)Oc1ccc(C(=O)OC)cc1[N+](=O)[O-])c1ccccc1. The summed E-state index contributed by atoms with van der Waals surface area (Å²) in [4.78, 5) is 34.9. The predicted octanol–water partition coefficient (Wildman–Crippen LogP) is 3.81. The molecule has 0 bridgehead atoms. The molecule has 0 aliphatic heterocycles. The quantitative estimate of drug-likeness (QED) is 0.390. The Balaban J connectivity index is 2.16. The number of carbonyl (C=O) groups is 2. The van der Waals surface area contributed by atoms with Crippen LogP contribution in [0.15, 0.2) is 48.5 Å². The van der Waals surface area contributed by atoms with Gasteiger partial charge in [0.25, 0.3) is 5.91 Å². The Morgan fingerprint density at radius 1 is 1.17 bits per heavy atom. The highest BCUT2D eigenvalue weighted by Crippen LogP contribution is 2.29. The van der Waals surface area contributed by atoms with Gasteiger partial charge in [-0.15, -0.1) is 0 Å². The van der Waals surface area contributed by atoms with E-state index < -0.39 is 28.6 Å². The standard InChI is InChI=1S/C21H24N2O6/c1-4-8-17(15-9-6-5-7-10-15)22-20(24)14(2)29-19-12-11-16(21(25)28-3)13-18(19)23(26)27/h5-7,9-14,17H,4,8H2,1-3H3,(H,22,24)/t14-,17+/m0/s1. The summed E-state index contributed by atoms with van der Waals surface area (Å²) in [5, 5.41) is 14.3. The van der Waals surface area contributed by atoms with Crippen molar-refractivity contribution in [1.29, 1.82) is 0 Å². The molecule has 2 atom stereocenters. The van der Waals surface area contributed by atoms with E-state index in [9.17, 15) is 19.7 Å². The minimum absolute atomic E-state index is 0.0238. The molecule has 0 unspecified atom stereocenters. The summed E-state index contributed by atoms with van der Waals surface area (Å²) < 4.78 is 10.1. The van der Waals surface area contributed by atoms with Crippen LogP contribution >= 0.6 is 0 Å². The second kappa shape index (κ2) is 10.2. The first kappa shape index (κ1) is 21.9. The third kappa shape index (κ3) is 5.78. The summed E-state index contributed by atoms with van der Waals surface area (Å²) in [6.45, 7) is 3.54. The zero-order chi connectivity index (χ0) is 21.4. The third-order valence-corrected chi connectivity index (χ3v) is 4.35. The summed E-state index contributed by atoms with van der Waals surface area (Å²) in [6.07, 6.45) is 0.646. The van der Waals surface area contributed by atoms with E-state index in [-0.39, 0.29) is 17.4 Å². The Labute approximate surface area is 169 Å². The van der Waals surface area contributed by atoms with Gasteiger partial charge in [0.15, 0.2) is 11.9 Å². The van der Waals surface area contributed by atoms with Gasteiger partial charge in [0, 0.05) is 6.07 Å². The van der Waals surface area contributed by atoms with Gasteiger partial charge in [0.2, 0.25) is 0 Å². The molecule has 154 valence electrons. The molecule has 2 aromatic rings. The molecule has 0 heterocycles. The number of benzene rings is 2. The minimum Gasteiger partial charge on any atom is -0.474 e. The maximum atomic E-state index is 12.6. The van der Waals surface area contributed by atoms with Gasteiger partial charge in [-0.3, -0.25) is 14.9 Å². The molecule has 8 heteroatoms. The number of nitrogens with one attached hydrogen (secondary N) is 1. The molecule has 0 saturated carbocycles. The van der Waals surface area contributed by atoms with Gasteiger partial charge in [0.05, 0.1) is 23.6 Å². The maximum absolute atomic E-state index is 12.6. The summed E-state index contributed by atoms with van der Waals surface area (Å²) in [5.74, 6) is -1.19. The Bertz CT molecular complexity index is 869. The lowest BCUT2D eigenvalue weighted by atomic mass is 10.0. The van der Waals surface area contributed by atoms with Gasteiger partial charge in [-0.1, -0.05) is 43.7 Å². The number of nitro groups is 1. The van der Waals surface area contributed by atoms with Gasteiger partial charge in [-0.2, -0.15) is 0 Å². The number of carbonyl (C=O) groups excluding carboxylic acids is 2. The highest BCUT2D eigenvalue weighted by molar-refractivity contribution is 5.90. The lowest BCUT2D eigenvalue weighted by Crippen LogP contribution is -2.38. The molecule has 2 rings (SSSR count). The molecular formula is C21H24N2O6. The van der Waals surface area contributed by atoms with E-state index in [1.54, 1.807) is 0 Å². The molecule has 1 amide bonds. The van der Waals surface area contributed by atoms with Crippen molar-refractivity contribution in [3.05, 3.63) is 69.8 Å². The van der Waals surface area contributed by atoms with E-state index in [0.717, 1.165) is 24.5 Å². The second-order valence-corrected chi connectivity index (χ2v) is 6.45. The van der Waals surface area contributed by atoms with Crippen molar-refractivity contribution in [1.82, 2.24) is 5.32 Å². The Morgan fingerprint density at radius 2 is 1.86 bits per heavy atom. The Kier molecular flexibility index (Phi) is 7.70. The first-order chi connectivity index (χ1) is 13.9. The van der Waals surface area contributed by atoms with Crippen molar-refractivity contribution >= 4 is 17.6 Å². The van der Waals surface area contributed by atoms with Crippen LogP contribution in [-0.2, 0) is 9.53 Å². The van der Waals surface area contributed by atoms with Crippen LogP contribution in [0, 0.1) is 10.1 Å². The summed E-state index contributed by atoms with van der Waals surface area (Å²) >= 11 is 0. The first-order valence-electron chi connectivity index (χ1n) is 9.26. The largest absolute Gasteiger partial charge is 0.474 e. The first-order valence-corrected chi connectivity index (χ1v) is 9.26. The topological polar surface area (TPSA) is 108 Å². The molecule has 0 aromatic heterocycles. The molecule has 29 heavy (non-hydrogen) atoms. The molecule has 0 aliphatic rings. The van der Waals surface area contributed by atoms with Gasteiger partial charge < -0.3 is 14.8 Å². The lowest BCUT2D eigenvalue weighted by Gasteiger charge is -2.21. The average Bonchev–Trinajstić information content (AvgIpc) is 2.73. The van der Waals surface area contributed by atoms with Crippen molar-refractivity contribution in [2.45, 2.75) is 38.8 Å². The van der Waals surface area contributed by atoms with Crippen molar-refractivity contribution in [3.8, 4) is 5.75 Å². The molecule has 2 aromatic carbocycles. The van der Waals surface area contributed by atoms with E-state index in [0.29, 0.717) is 0 Å². The molecule has 8 nitrogen and oxygen atoms in total. The Hall–Kier alpha value is -3.42. The number of amides is 1. The van der Waals surface area contributed by atoms with Crippen LogP contribution in [0.3, 0.4) is 0 Å². The molecular weight excluding hydrogens is 376 g/mol. The van der Waals surface area contributed by atoms with E-state index >= 15 is 0 Å². The number of rotatable bonds is 9. The van der Waals surface area contributed by atoms with Crippen molar-refractivity contribution in [2.75, 3.05) is 7.11 Å². The van der Waals surface area contributed by atoms with E-state index in [1.165, 1.54) is 26.2 Å². The van der Waals surface area contributed by atoms with Crippen molar-refractivity contribution in [2.24, 2.45) is 0 Å². The number of hydrogen-bond donors (Lipinski definition) is 1. The van der Waals surface area contributed by atoms with E-state index in [2.05, 4.69) is 10.1 Å². The smallest absolute Gasteiger partial charge is 0.338 e. The molecule has 1 N–H and O–H groups in total. The van der Waals surface area contributed by atoms with Crippen LogP contribution in [0.25, 0.3) is 0 Å². The molecule has 0 radical (unpaired) electrons. The highest BCUT2D eigenvalue weighted by atomic mass is 16.6. The van der Waals surface area contributed by atoms with Crippen LogP contribution in [0.4, 0.5) is 5.69 Å². The fraction of sp³-hybridized carbons (Fsp3) is 0.333. The van der Waals surface area contributed by atoms with Gasteiger partial charge in [-0.25, -0.2) is 4.79 Å². The van der Waals surface area contributed by atoms with Gasteiger partial charge in [0.1, 0.15) is 0 Å². The highest BCUT2D eigenvalue weighted by Gasteiger charge is 2.25. The van der Waals surface area contributed by atoms with Crippen LogP contribution < -0.4 is 10.1 Å². The normalized spacial score (nSPS) is 12.5. The number of methoxy groups -OCH3 is 1. The van der Waals surface area contributed by atoms with Gasteiger partial charge >= 0.3 is 11.7 Å². The van der Waals surface area contributed by atoms with Crippen molar-refractivity contribution in [3.63, 3.8) is 0 Å². The lowest BCUT2D eigenvalue weighted by molar-refractivity contribution is -0.386. The number of esters is 1. The summed E-state index contributed by atoms with van der Waals surface area (Å²) in [5.41, 5.74) is 0.583. The molecule has 0 spiro atoms. The fourth-order valence-electron chi connectivity index (χ4n) is 2.83. The zero-order valence-corrected chi connectivity index (χ0v) is 16.6. The molecule has 0 fully saturated rings. The molecule has 0 aliphatic carbocycles. The minimum atomic E-state index is -0.972. The third-order valence-electron chi connectivity index (χ3n) is 4.35.